The third-order valence-electron chi connectivity index (χ3n) is 2.15. The number of aliphatic hydroxyl groups excluding tert-OH is 1. The Morgan fingerprint density at radius 1 is 1.08 bits per heavy atom. The first-order valence-electron chi connectivity index (χ1n) is 5.11. The summed E-state index contributed by atoms with van der Waals surface area (Å²) < 4.78 is 0. The Balaban J connectivity index is 3.00. The second-order valence-electron chi connectivity index (χ2n) is 3.49. The first kappa shape index (κ1) is 11.5. The maximum atomic E-state index is 8.61. The Morgan fingerprint density at radius 3 is 2.25 bits per heavy atom. The third kappa shape index (κ3) is 7.64. The summed E-state index contributed by atoms with van der Waals surface area (Å²) >= 11 is 0. The highest BCUT2D eigenvalue weighted by atomic mass is 16.2. The molecule has 0 unspecified atom stereocenters. The zero-order chi connectivity index (χ0) is 9.23. The molecular weight excluding hydrogens is 148 g/mol. The van der Waals surface area contributed by atoms with E-state index in [0.717, 1.165) is 12.0 Å². The van der Waals surface area contributed by atoms with Crippen LogP contribution in [0, 0.1) is 0 Å². The summed E-state index contributed by atoms with van der Waals surface area (Å²) in [6.07, 6.45) is 10.2. The van der Waals surface area contributed by atoms with Crippen molar-refractivity contribution < 1.29 is 5.11 Å². The fraction of sp³-hybridized carbons (Fsp3) is 0.818. The molecule has 72 valence electrons. The van der Waals surface area contributed by atoms with Crippen LogP contribution in [0.1, 0.15) is 58.8 Å². The Hall–Kier alpha value is -0.460. The van der Waals surface area contributed by atoms with Crippen LogP contribution < -0.4 is 0 Å². The summed E-state index contributed by atoms with van der Waals surface area (Å²) in [5, 5.41) is 8.61. The minimum atomic E-state index is 1.06. The van der Waals surface area contributed by atoms with E-state index in [4.69, 9.17) is 5.11 Å². The normalized spacial score (nSPS) is 12.0. The van der Waals surface area contributed by atoms with Gasteiger partial charge in [0, 0.05) is 0 Å². The van der Waals surface area contributed by atoms with Gasteiger partial charge in [-0.1, -0.05) is 39.0 Å². The number of hydrogen-bond donors (Lipinski definition) is 1. The lowest BCUT2D eigenvalue weighted by Gasteiger charge is -2.00. The van der Waals surface area contributed by atoms with Gasteiger partial charge in [0.1, 0.15) is 0 Å². The van der Waals surface area contributed by atoms with Gasteiger partial charge in [-0.25, -0.2) is 0 Å². The smallest absolute Gasteiger partial charge is 0.0780 e. The second kappa shape index (κ2) is 8.63. The molecule has 0 aliphatic carbocycles. The van der Waals surface area contributed by atoms with Crippen LogP contribution in [0.5, 0.6) is 0 Å². The first-order chi connectivity index (χ1) is 5.81. The summed E-state index contributed by atoms with van der Waals surface area (Å²) in [6, 6.07) is 0. The molecule has 0 rings (SSSR count). The maximum absolute atomic E-state index is 8.61. The van der Waals surface area contributed by atoms with Crippen LogP contribution in [-0.4, -0.2) is 5.11 Å². The summed E-state index contributed by atoms with van der Waals surface area (Å²) in [5.74, 6) is 0. The number of aliphatic hydroxyl groups is 1. The number of unbranched alkanes of at least 4 members (excludes halogenated alkanes) is 5. The zero-order valence-electron chi connectivity index (χ0n) is 8.47. The van der Waals surface area contributed by atoms with E-state index in [1.54, 1.807) is 0 Å². The van der Waals surface area contributed by atoms with E-state index in [-0.39, 0.29) is 0 Å². The molecule has 1 heteroatoms. The molecule has 0 aromatic heterocycles. The van der Waals surface area contributed by atoms with Gasteiger partial charge in [-0.2, -0.15) is 0 Å². The summed E-state index contributed by atoms with van der Waals surface area (Å²) in [6.45, 7) is 4.21. The van der Waals surface area contributed by atoms with Gasteiger partial charge in [-0.05, 0) is 25.3 Å². The fourth-order valence-corrected chi connectivity index (χ4v) is 1.25. The van der Waals surface area contributed by atoms with Crippen molar-refractivity contribution in [3.63, 3.8) is 0 Å². The topological polar surface area (TPSA) is 20.2 Å². The molecule has 0 saturated heterocycles. The van der Waals surface area contributed by atoms with Crippen molar-refractivity contribution in [2.24, 2.45) is 0 Å². The van der Waals surface area contributed by atoms with Crippen molar-refractivity contribution in [3.05, 3.63) is 11.8 Å². The van der Waals surface area contributed by atoms with Crippen LogP contribution in [-0.2, 0) is 0 Å². The molecule has 1 nitrogen and oxygen atoms in total. The first-order valence-corrected chi connectivity index (χ1v) is 5.11. The molecular formula is C11H22O. The highest BCUT2D eigenvalue weighted by molar-refractivity contribution is 4.91. The molecule has 0 heterocycles. The van der Waals surface area contributed by atoms with Gasteiger partial charge in [-0.3, -0.25) is 0 Å². The molecule has 0 aromatic rings. The minimum Gasteiger partial charge on any atom is -0.516 e. The van der Waals surface area contributed by atoms with E-state index in [1.807, 2.05) is 6.92 Å². The average molecular weight is 170 g/mol. The standard InChI is InChI=1S/C11H22O/c1-3-4-5-6-7-8-9-11(2)10-12/h10,12H,3-9H2,1-2H3/b11-10+. The summed E-state index contributed by atoms with van der Waals surface area (Å²) in [4.78, 5) is 0. The SMILES string of the molecule is CCCCCCCC/C(C)=C/O. The average Bonchev–Trinajstić information content (AvgIpc) is 2.10. The van der Waals surface area contributed by atoms with E-state index in [1.165, 1.54) is 44.8 Å². The molecule has 0 bridgehead atoms. The molecule has 0 aromatic carbocycles. The van der Waals surface area contributed by atoms with Crippen LogP contribution in [0.25, 0.3) is 0 Å². The molecule has 12 heavy (non-hydrogen) atoms. The van der Waals surface area contributed by atoms with Crippen molar-refractivity contribution in [2.45, 2.75) is 58.8 Å². The van der Waals surface area contributed by atoms with Crippen molar-refractivity contribution in [3.8, 4) is 0 Å². The van der Waals surface area contributed by atoms with Gasteiger partial charge in [0.25, 0.3) is 0 Å². The Labute approximate surface area is 76.5 Å². The number of hydrogen-bond acceptors (Lipinski definition) is 1. The highest BCUT2D eigenvalue weighted by Gasteiger charge is 1.91. The lowest BCUT2D eigenvalue weighted by atomic mass is 10.1. The van der Waals surface area contributed by atoms with E-state index in [9.17, 15) is 0 Å². The van der Waals surface area contributed by atoms with Crippen molar-refractivity contribution in [2.75, 3.05) is 0 Å². The van der Waals surface area contributed by atoms with Crippen LogP contribution in [0.2, 0.25) is 0 Å². The molecule has 0 spiro atoms. The summed E-state index contributed by atoms with van der Waals surface area (Å²) in [5.41, 5.74) is 1.10. The fourth-order valence-electron chi connectivity index (χ4n) is 1.25. The second-order valence-corrected chi connectivity index (χ2v) is 3.49. The number of rotatable bonds is 7. The lowest BCUT2D eigenvalue weighted by Crippen LogP contribution is -1.81. The molecule has 0 fully saturated rings. The van der Waals surface area contributed by atoms with E-state index in [2.05, 4.69) is 6.92 Å². The molecule has 0 saturated carbocycles. The van der Waals surface area contributed by atoms with Gasteiger partial charge >= 0.3 is 0 Å². The van der Waals surface area contributed by atoms with Crippen molar-refractivity contribution in [1.29, 1.82) is 0 Å². The number of allylic oxidation sites excluding steroid dienone is 1. The van der Waals surface area contributed by atoms with Crippen LogP contribution in [0.15, 0.2) is 11.8 Å². The van der Waals surface area contributed by atoms with Crippen LogP contribution in [0.3, 0.4) is 0 Å². The molecule has 0 aliphatic heterocycles. The minimum absolute atomic E-state index is 1.06. The Bertz CT molecular complexity index is 116. The Kier molecular flexibility index (Phi) is 8.30. The van der Waals surface area contributed by atoms with E-state index >= 15 is 0 Å². The Morgan fingerprint density at radius 2 is 1.67 bits per heavy atom. The molecule has 1 N–H and O–H groups in total. The lowest BCUT2D eigenvalue weighted by molar-refractivity contribution is 0.462. The molecule has 0 atom stereocenters. The summed E-state index contributed by atoms with van der Waals surface area (Å²) in [7, 11) is 0. The maximum Gasteiger partial charge on any atom is 0.0780 e. The molecule has 0 amide bonds. The highest BCUT2D eigenvalue weighted by Crippen LogP contribution is 2.10. The van der Waals surface area contributed by atoms with E-state index in [0.29, 0.717) is 0 Å². The van der Waals surface area contributed by atoms with Crippen LogP contribution >= 0.6 is 0 Å². The van der Waals surface area contributed by atoms with Gasteiger partial charge in [0.15, 0.2) is 0 Å². The van der Waals surface area contributed by atoms with E-state index < -0.39 is 0 Å². The molecule has 0 aliphatic rings. The van der Waals surface area contributed by atoms with Gasteiger partial charge < -0.3 is 5.11 Å². The zero-order valence-corrected chi connectivity index (χ0v) is 8.47. The third-order valence-corrected chi connectivity index (χ3v) is 2.15. The van der Waals surface area contributed by atoms with Gasteiger partial charge in [0.2, 0.25) is 0 Å². The monoisotopic (exact) mass is 170 g/mol. The predicted octanol–water partition coefficient (Wildman–Crippen LogP) is 4.20. The predicted molar refractivity (Wildman–Crippen MR) is 54.4 cm³/mol. The largest absolute Gasteiger partial charge is 0.516 e. The molecule has 0 radical (unpaired) electrons. The van der Waals surface area contributed by atoms with Crippen molar-refractivity contribution in [1.82, 2.24) is 0 Å². The van der Waals surface area contributed by atoms with Crippen molar-refractivity contribution >= 4 is 0 Å². The van der Waals surface area contributed by atoms with Gasteiger partial charge in [-0.15, -0.1) is 0 Å². The van der Waals surface area contributed by atoms with Crippen LogP contribution in [0.4, 0.5) is 0 Å². The quantitative estimate of drug-likeness (QED) is 0.448. The van der Waals surface area contributed by atoms with Gasteiger partial charge in [0.05, 0.1) is 6.26 Å².